The highest BCUT2D eigenvalue weighted by Gasteiger charge is 2.34. The Morgan fingerprint density at radius 1 is 1.12 bits per heavy atom. The first-order valence-corrected chi connectivity index (χ1v) is 5.53. The second kappa shape index (κ2) is 4.69. The maximum Gasteiger partial charge on any atom is 0.416 e. The van der Waals surface area contributed by atoms with Gasteiger partial charge in [-0.2, -0.15) is 13.2 Å². The fourth-order valence-electron chi connectivity index (χ4n) is 1.85. The van der Waals surface area contributed by atoms with Crippen LogP contribution in [0.15, 0.2) is 24.3 Å². The average molecular weight is 245 g/mol. The molecule has 17 heavy (non-hydrogen) atoms. The van der Waals surface area contributed by atoms with Crippen LogP contribution < -0.4 is 5.73 Å². The largest absolute Gasteiger partial charge is 0.416 e. The Morgan fingerprint density at radius 2 is 1.65 bits per heavy atom. The van der Waals surface area contributed by atoms with Crippen LogP contribution in [0.25, 0.3) is 0 Å². The van der Waals surface area contributed by atoms with Crippen molar-refractivity contribution in [1.82, 2.24) is 0 Å². The van der Waals surface area contributed by atoms with E-state index in [0.29, 0.717) is 6.42 Å². The van der Waals surface area contributed by atoms with Crippen LogP contribution in [0.1, 0.15) is 44.4 Å². The molecule has 1 unspecified atom stereocenters. The maximum atomic E-state index is 12.8. The molecule has 0 aliphatic rings. The fourth-order valence-corrected chi connectivity index (χ4v) is 1.85. The van der Waals surface area contributed by atoms with Crippen LogP contribution >= 0.6 is 0 Å². The molecule has 0 saturated heterocycles. The smallest absolute Gasteiger partial charge is 0.324 e. The molecule has 0 bridgehead atoms. The molecule has 1 aromatic carbocycles. The van der Waals surface area contributed by atoms with Crippen LogP contribution in [0.5, 0.6) is 0 Å². The molecule has 1 nitrogen and oxygen atoms in total. The van der Waals surface area contributed by atoms with Crippen molar-refractivity contribution in [1.29, 1.82) is 0 Å². The van der Waals surface area contributed by atoms with Crippen molar-refractivity contribution >= 4 is 0 Å². The first-order chi connectivity index (χ1) is 7.61. The number of rotatable bonds is 2. The molecule has 0 aliphatic carbocycles. The Bertz CT molecular complexity index is 377. The Hall–Kier alpha value is -1.03. The number of halogens is 3. The van der Waals surface area contributed by atoms with Crippen molar-refractivity contribution in [3.8, 4) is 0 Å². The molecule has 96 valence electrons. The van der Waals surface area contributed by atoms with Crippen molar-refractivity contribution in [2.24, 2.45) is 11.1 Å². The van der Waals surface area contributed by atoms with Crippen LogP contribution in [-0.4, -0.2) is 0 Å². The minimum atomic E-state index is -4.34. The molecule has 0 aromatic heterocycles. The molecule has 0 amide bonds. The van der Waals surface area contributed by atoms with Gasteiger partial charge < -0.3 is 5.73 Å². The molecule has 0 heterocycles. The number of hydrogen-bond acceptors (Lipinski definition) is 1. The Kier molecular flexibility index (Phi) is 3.87. The Morgan fingerprint density at radius 3 is 2.12 bits per heavy atom. The van der Waals surface area contributed by atoms with E-state index < -0.39 is 17.8 Å². The van der Waals surface area contributed by atoms with Crippen molar-refractivity contribution < 1.29 is 13.2 Å². The second-order valence-corrected chi connectivity index (χ2v) is 5.46. The summed E-state index contributed by atoms with van der Waals surface area (Å²) in [4.78, 5) is 0. The average Bonchev–Trinajstić information content (AvgIpc) is 2.13. The van der Waals surface area contributed by atoms with Gasteiger partial charge in [0.15, 0.2) is 0 Å². The summed E-state index contributed by atoms with van der Waals surface area (Å²) in [7, 11) is 0. The van der Waals surface area contributed by atoms with E-state index in [9.17, 15) is 13.2 Å². The van der Waals surface area contributed by atoms with E-state index in [1.165, 1.54) is 12.1 Å². The van der Waals surface area contributed by atoms with Gasteiger partial charge in [0.2, 0.25) is 0 Å². The molecule has 0 spiro atoms. The number of alkyl halides is 3. The summed E-state index contributed by atoms with van der Waals surface area (Å²) in [6, 6.07) is 4.92. The normalized spacial score (nSPS) is 14.8. The van der Waals surface area contributed by atoms with Crippen LogP contribution in [0.3, 0.4) is 0 Å². The van der Waals surface area contributed by atoms with Gasteiger partial charge >= 0.3 is 6.18 Å². The van der Waals surface area contributed by atoms with Gasteiger partial charge in [-0.05, 0) is 23.5 Å². The summed E-state index contributed by atoms with van der Waals surface area (Å²) in [5, 5.41) is 0. The van der Waals surface area contributed by atoms with Gasteiger partial charge in [0.05, 0.1) is 5.56 Å². The molecule has 2 N–H and O–H groups in total. The van der Waals surface area contributed by atoms with Crippen LogP contribution in [-0.2, 0) is 6.18 Å². The molecule has 0 radical (unpaired) electrons. The molecule has 4 heteroatoms. The summed E-state index contributed by atoms with van der Waals surface area (Å²) >= 11 is 0. The van der Waals surface area contributed by atoms with Crippen LogP contribution in [0.2, 0.25) is 0 Å². The van der Waals surface area contributed by atoms with E-state index in [1.54, 1.807) is 6.07 Å². The lowest BCUT2D eigenvalue weighted by Gasteiger charge is -2.25. The van der Waals surface area contributed by atoms with Gasteiger partial charge in [-0.3, -0.25) is 0 Å². The molecule has 0 saturated carbocycles. The van der Waals surface area contributed by atoms with Gasteiger partial charge in [0.1, 0.15) is 0 Å². The molecular weight excluding hydrogens is 227 g/mol. The molecule has 0 fully saturated rings. The minimum absolute atomic E-state index is 0.0991. The van der Waals surface area contributed by atoms with Crippen molar-refractivity contribution in [3.63, 3.8) is 0 Å². The highest BCUT2D eigenvalue weighted by atomic mass is 19.4. The summed E-state index contributed by atoms with van der Waals surface area (Å²) in [5.41, 5.74) is 5.33. The predicted molar refractivity (Wildman–Crippen MR) is 62.4 cm³/mol. The van der Waals surface area contributed by atoms with Crippen LogP contribution in [0, 0.1) is 5.41 Å². The van der Waals surface area contributed by atoms with Crippen molar-refractivity contribution in [2.45, 2.75) is 39.4 Å². The highest BCUT2D eigenvalue weighted by Crippen LogP contribution is 2.36. The Labute approximate surface area is 99.8 Å². The summed E-state index contributed by atoms with van der Waals surface area (Å²) in [6.45, 7) is 5.88. The van der Waals surface area contributed by atoms with Gasteiger partial charge in [-0.25, -0.2) is 0 Å². The summed E-state index contributed by atoms with van der Waals surface area (Å²) in [5.74, 6) is 0. The zero-order valence-corrected chi connectivity index (χ0v) is 10.3. The third-order valence-electron chi connectivity index (χ3n) is 2.50. The zero-order valence-electron chi connectivity index (χ0n) is 10.3. The maximum absolute atomic E-state index is 12.8. The quantitative estimate of drug-likeness (QED) is 0.832. The van der Waals surface area contributed by atoms with E-state index in [1.807, 2.05) is 20.8 Å². The number of benzene rings is 1. The van der Waals surface area contributed by atoms with Gasteiger partial charge in [0.25, 0.3) is 0 Å². The standard InChI is InChI=1S/C13H18F3N/c1-12(2,3)8-11(17)9-6-4-5-7-10(9)13(14,15)16/h4-7,11H,8,17H2,1-3H3. The SMILES string of the molecule is CC(C)(C)CC(N)c1ccccc1C(F)(F)F. The topological polar surface area (TPSA) is 26.0 Å². The van der Waals surface area contributed by atoms with Gasteiger partial charge in [-0.15, -0.1) is 0 Å². The molecule has 1 rings (SSSR count). The molecule has 1 atom stereocenters. The lowest BCUT2D eigenvalue weighted by molar-refractivity contribution is -0.138. The van der Waals surface area contributed by atoms with Gasteiger partial charge in [-0.1, -0.05) is 39.0 Å². The van der Waals surface area contributed by atoms with Gasteiger partial charge in [0, 0.05) is 6.04 Å². The van der Waals surface area contributed by atoms with Crippen molar-refractivity contribution in [2.75, 3.05) is 0 Å². The van der Waals surface area contributed by atoms with E-state index in [-0.39, 0.29) is 11.0 Å². The van der Waals surface area contributed by atoms with E-state index in [4.69, 9.17) is 5.73 Å². The Balaban J connectivity index is 3.06. The number of nitrogens with two attached hydrogens (primary N) is 1. The molecule has 1 aromatic rings. The summed E-state index contributed by atoms with van der Waals surface area (Å²) < 4.78 is 38.4. The van der Waals surface area contributed by atoms with Crippen LogP contribution in [0.4, 0.5) is 13.2 Å². The predicted octanol–water partition coefficient (Wildman–Crippen LogP) is 4.14. The lowest BCUT2D eigenvalue weighted by Crippen LogP contribution is -2.22. The first-order valence-electron chi connectivity index (χ1n) is 5.53. The van der Waals surface area contributed by atoms with E-state index in [2.05, 4.69) is 0 Å². The molecule has 0 aliphatic heterocycles. The van der Waals surface area contributed by atoms with E-state index >= 15 is 0 Å². The third-order valence-corrected chi connectivity index (χ3v) is 2.50. The minimum Gasteiger partial charge on any atom is -0.324 e. The lowest BCUT2D eigenvalue weighted by atomic mass is 9.84. The molecular formula is C13H18F3N. The third kappa shape index (κ3) is 4.04. The fraction of sp³-hybridized carbons (Fsp3) is 0.538. The number of hydrogen-bond donors (Lipinski definition) is 1. The second-order valence-electron chi connectivity index (χ2n) is 5.46. The highest BCUT2D eigenvalue weighted by molar-refractivity contribution is 5.32. The first kappa shape index (κ1) is 14.0. The zero-order chi connectivity index (χ0) is 13.3. The van der Waals surface area contributed by atoms with Crippen molar-refractivity contribution in [3.05, 3.63) is 35.4 Å². The summed E-state index contributed by atoms with van der Waals surface area (Å²) in [6.07, 6.45) is -3.83. The monoisotopic (exact) mass is 245 g/mol. The van der Waals surface area contributed by atoms with E-state index in [0.717, 1.165) is 6.07 Å².